The fourth-order valence-electron chi connectivity index (χ4n) is 7.33. The molecule has 1 aromatic carbocycles. The number of aliphatic imine (C=N–C) groups is 1. The topological polar surface area (TPSA) is 90.9 Å². The van der Waals surface area contributed by atoms with E-state index in [2.05, 4.69) is 15.6 Å². The summed E-state index contributed by atoms with van der Waals surface area (Å²) in [7, 11) is 0. The van der Waals surface area contributed by atoms with Gasteiger partial charge in [0.25, 0.3) is 0 Å². The molecule has 0 bridgehead atoms. The Bertz CT molecular complexity index is 1200. The predicted molar refractivity (Wildman–Crippen MR) is 170 cm³/mol. The minimum absolute atomic E-state index is 0.00157. The highest BCUT2D eigenvalue weighted by Gasteiger charge is 2.53. The third-order valence-corrected chi connectivity index (χ3v) is 9.63. The second-order valence-corrected chi connectivity index (χ2v) is 14.1. The van der Waals surface area contributed by atoms with Gasteiger partial charge < -0.3 is 15.5 Å². The van der Waals surface area contributed by atoms with Crippen molar-refractivity contribution in [3.8, 4) is 0 Å². The van der Waals surface area contributed by atoms with Gasteiger partial charge in [-0.1, -0.05) is 46.6 Å². The average molecular weight is 595 g/mol. The highest BCUT2D eigenvalue weighted by Crippen LogP contribution is 2.56. The first-order chi connectivity index (χ1) is 20.4. The molecular formula is C35H51FN4O3. The Kier molecular flexibility index (Phi) is 10.8. The molecule has 1 heterocycles. The van der Waals surface area contributed by atoms with E-state index in [0.717, 1.165) is 56.3 Å². The Morgan fingerprint density at radius 1 is 1.12 bits per heavy atom. The molecule has 2 unspecified atom stereocenters. The summed E-state index contributed by atoms with van der Waals surface area (Å²) in [5, 5.41) is 6.26. The van der Waals surface area contributed by atoms with Crippen molar-refractivity contribution in [1.82, 2.24) is 15.5 Å². The van der Waals surface area contributed by atoms with Crippen molar-refractivity contribution < 1.29 is 18.8 Å². The lowest BCUT2D eigenvalue weighted by atomic mass is 9.85. The number of likely N-dealkylation sites (tertiary alicyclic amines) is 1. The van der Waals surface area contributed by atoms with Gasteiger partial charge in [-0.3, -0.25) is 14.6 Å². The lowest BCUT2D eigenvalue weighted by molar-refractivity contribution is -0.141. The first kappa shape index (κ1) is 32.9. The van der Waals surface area contributed by atoms with Crippen LogP contribution in [0.4, 0.5) is 14.9 Å². The number of urea groups is 1. The number of hydrogen-bond donors (Lipinski definition) is 2. The van der Waals surface area contributed by atoms with Crippen LogP contribution in [0.5, 0.6) is 0 Å². The van der Waals surface area contributed by atoms with Crippen LogP contribution in [0.15, 0.2) is 41.4 Å². The number of carbonyl (C=O) groups excluding carboxylic acids is 3. The van der Waals surface area contributed by atoms with Crippen molar-refractivity contribution in [2.24, 2.45) is 34.1 Å². The fourth-order valence-corrected chi connectivity index (χ4v) is 7.33. The average Bonchev–Trinajstić information content (AvgIpc) is 3.45. The van der Waals surface area contributed by atoms with Crippen molar-refractivity contribution in [2.45, 2.75) is 111 Å². The molecule has 0 aromatic heterocycles. The minimum Gasteiger partial charge on any atom is -0.335 e. The number of fused-ring (bicyclic) bond motifs is 1. The summed E-state index contributed by atoms with van der Waals surface area (Å²) in [5.41, 5.74) is 1.26. The summed E-state index contributed by atoms with van der Waals surface area (Å²) >= 11 is 0. The molecule has 0 spiro atoms. The number of benzene rings is 1. The molecule has 3 amide bonds. The highest BCUT2D eigenvalue weighted by atomic mass is 19.1. The molecule has 8 heteroatoms. The number of unbranched alkanes of at least 4 members (excludes halogenated alkanes) is 2. The van der Waals surface area contributed by atoms with Gasteiger partial charge in [-0.05, 0) is 112 Å². The molecule has 3 aliphatic rings. The number of halogens is 1. The molecule has 43 heavy (non-hydrogen) atoms. The summed E-state index contributed by atoms with van der Waals surface area (Å²) in [6, 6.07) is 4.96. The maximum Gasteiger partial charge on any atom is 0.315 e. The van der Waals surface area contributed by atoms with E-state index >= 15 is 0 Å². The van der Waals surface area contributed by atoms with Gasteiger partial charge in [0.15, 0.2) is 5.78 Å². The number of carbonyl (C=O) groups is 3. The standard InChI is InChI=1S/C35H51FN4O3/c1-7-11-26(37-27-16-14-25(36)15-17-27)12-9-8-10-13-28-29-20-24(29)21-30(28)38-34(43)39-32(35(4,5)6)33(42)40-19-18-22(2)31(40)23(3)41/h7,11,14-17,22,24,28-32H,8-10,12-13,18-21H2,1-6H3,(H2,38,39,43)/t22-,24?,28-,29?,30-,31+,32-/m1/s1. The van der Waals surface area contributed by atoms with Gasteiger partial charge >= 0.3 is 6.03 Å². The Balaban J connectivity index is 1.28. The van der Waals surface area contributed by atoms with Crippen LogP contribution in [-0.2, 0) is 9.59 Å². The number of nitrogens with one attached hydrogen (secondary N) is 2. The predicted octanol–water partition coefficient (Wildman–Crippen LogP) is 6.99. The number of ketones is 1. The third-order valence-electron chi connectivity index (χ3n) is 9.63. The molecule has 236 valence electrons. The number of allylic oxidation sites excluding steroid dienone is 2. The highest BCUT2D eigenvalue weighted by molar-refractivity contribution is 5.96. The van der Waals surface area contributed by atoms with Crippen molar-refractivity contribution in [1.29, 1.82) is 0 Å². The van der Waals surface area contributed by atoms with E-state index in [1.165, 1.54) is 18.6 Å². The van der Waals surface area contributed by atoms with Gasteiger partial charge in [0.2, 0.25) is 5.91 Å². The van der Waals surface area contributed by atoms with Crippen molar-refractivity contribution in [3.63, 3.8) is 0 Å². The Hall–Kier alpha value is -3.03. The number of nitrogens with zero attached hydrogens (tertiary/aromatic N) is 2. The summed E-state index contributed by atoms with van der Waals surface area (Å²) in [5.74, 6) is 1.54. The van der Waals surface area contributed by atoms with Gasteiger partial charge in [-0.15, -0.1) is 0 Å². The van der Waals surface area contributed by atoms with Crippen LogP contribution in [0.1, 0.15) is 92.9 Å². The zero-order chi connectivity index (χ0) is 31.3. The van der Waals surface area contributed by atoms with Gasteiger partial charge in [0, 0.05) is 18.3 Å². The van der Waals surface area contributed by atoms with Crippen LogP contribution < -0.4 is 10.6 Å². The minimum atomic E-state index is -0.711. The quantitative estimate of drug-likeness (QED) is 0.202. The van der Waals surface area contributed by atoms with Crippen molar-refractivity contribution >= 4 is 29.1 Å². The molecule has 1 aliphatic heterocycles. The molecule has 2 aliphatic carbocycles. The van der Waals surface area contributed by atoms with E-state index < -0.39 is 17.5 Å². The molecule has 0 radical (unpaired) electrons. The van der Waals surface area contributed by atoms with E-state index in [1.807, 2.05) is 46.8 Å². The molecule has 4 rings (SSSR count). The van der Waals surface area contributed by atoms with Crippen LogP contribution >= 0.6 is 0 Å². The Morgan fingerprint density at radius 3 is 2.49 bits per heavy atom. The van der Waals surface area contributed by atoms with Gasteiger partial charge in [-0.2, -0.15) is 0 Å². The maximum absolute atomic E-state index is 13.7. The molecule has 7 atom stereocenters. The number of hydrogen-bond acceptors (Lipinski definition) is 4. The first-order valence-corrected chi connectivity index (χ1v) is 16.2. The first-order valence-electron chi connectivity index (χ1n) is 16.2. The normalized spacial score (nSPS) is 27.7. The summed E-state index contributed by atoms with van der Waals surface area (Å²) < 4.78 is 13.2. The van der Waals surface area contributed by atoms with Gasteiger partial charge in [0.05, 0.1) is 11.7 Å². The summed E-state index contributed by atoms with van der Waals surface area (Å²) in [6.45, 7) is 12.0. The van der Waals surface area contributed by atoms with Crippen LogP contribution in [0, 0.1) is 34.9 Å². The molecular weight excluding hydrogens is 543 g/mol. The molecule has 3 fully saturated rings. The van der Waals surface area contributed by atoms with Crippen LogP contribution in [-0.4, -0.2) is 53.0 Å². The largest absolute Gasteiger partial charge is 0.335 e. The van der Waals surface area contributed by atoms with Gasteiger partial charge in [0.1, 0.15) is 11.9 Å². The van der Waals surface area contributed by atoms with Crippen LogP contribution in [0.2, 0.25) is 0 Å². The summed E-state index contributed by atoms with van der Waals surface area (Å²) in [4.78, 5) is 45.7. The molecule has 1 aromatic rings. The summed E-state index contributed by atoms with van der Waals surface area (Å²) in [6.07, 6.45) is 12.2. The lowest BCUT2D eigenvalue weighted by Crippen LogP contribution is -2.59. The molecule has 7 nitrogen and oxygen atoms in total. The molecule has 2 saturated carbocycles. The second-order valence-electron chi connectivity index (χ2n) is 14.1. The maximum atomic E-state index is 13.7. The van der Waals surface area contributed by atoms with Crippen molar-refractivity contribution in [3.05, 3.63) is 42.2 Å². The zero-order valence-corrected chi connectivity index (χ0v) is 26.9. The lowest BCUT2D eigenvalue weighted by Gasteiger charge is -2.36. The Morgan fingerprint density at radius 2 is 1.84 bits per heavy atom. The number of amides is 3. The fraction of sp³-hybridized carbons (Fsp3) is 0.657. The smallest absolute Gasteiger partial charge is 0.315 e. The van der Waals surface area contributed by atoms with E-state index in [9.17, 15) is 18.8 Å². The number of rotatable bonds is 12. The SMILES string of the molecule is CC=CC(CCCCC[C@@H]1C2CC2C[C@H]1NC(=O)N[C@H](C(=O)N1CC[C@@H](C)[C@H]1C(C)=O)C(C)(C)C)=Nc1ccc(F)cc1. The van der Waals surface area contributed by atoms with E-state index in [0.29, 0.717) is 24.3 Å². The van der Waals surface area contributed by atoms with E-state index in [4.69, 9.17) is 0 Å². The van der Waals surface area contributed by atoms with Crippen LogP contribution in [0.3, 0.4) is 0 Å². The second kappa shape index (κ2) is 14.2. The third kappa shape index (κ3) is 8.54. The van der Waals surface area contributed by atoms with Gasteiger partial charge in [-0.25, -0.2) is 9.18 Å². The van der Waals surface area contributed by atoms with E-state index in [1.54, 1.807) is 24.0 Å². The number of Topliss-reactive ketones (excluding diaryl/α,β-unsaturated/α-hetero) is 1. The molecule has 2 N–H and O–H groups in total. The monoisotopic (exact) mass is 594 g/mol. The van der Waals surface area contributed by atoms with E-state index in [-0.39, 0.29) is 35.5 Å². The molecule has 1 saturated heterocycles. The Labute approximate surface area is 257 Å². The van der Waals surface area contributed by atoms with Crippen molar-refractivity contribution in [2.75, 3.05) is 6.54 Å². The van der Waals surface area contributed by atoms with Crippen LogP contribution in [0.25, 0.3) is 0 Å². The zero-order valence-electron chi connectivity index (χ0n) is 26.9.